The Morgan fingerprint density at radius 3 is 2.62 bits per heavy atom. The first-order valence-electron chi connectivity index (χ1n) is 6.21. The molecule has 0 aliphatic heterocycles. The summed E-state index contributed by atoms with van der Waals surface area (Å²) < 4.78 is 43.0. The van der Waals surface area contributed by atoms with Gasteiger partial charge in [-0.25, -0.2) is 0 Å². The summed E-state index contributed by atoms with van der Waals surface area (Å²) in [4.78, 5) is 11.9. The molecule has 0 bridgehead atoms. The van der Waals surface area contributed by atoms with Gasteiger partial charge in [0.15, 0.2) is 0 Å². The van der Waals surface area contributed by atoms with Crippen LogP contribution in [0.3, 0.4) is 0 Å². The summed E-state index contributed by atoms with van der Waals surface area (Å²) in [7, 11) is 1.58. The Bertz CT molecular complexity index is 481. The Morgan fingerprint density at radius 2 is 2.00 bits per heavy atom. The maximum absolute atomic E-state index is 12.6. The lowest BCUT2D eigenvalue weighted by molar-refractivity contribution is -0.137. The molecule has 0 aliphatic rings. The van der Waals surface area contributed by atoms with Gasteiger partial charge in [-0.2, -0.15) is 13.2 Å². The number of ether oxygens (including phenoxy) is 1. The number of benzene rings is 1. The van der Waals surface area contributed by atoms with Gasteiger partial charge in [-0.1, -0.05) is 0 Å². The number of halogens is 4. The van der Waals surface area contributed by atoms with Gasteiger partial charge in [-0.15, -0.1) is 0 Å². The lowest BCUT2D eigenvalue weighted by atomic mass is 10.1. The maximum Gasteiger partial charge on any atom is 0.416 e. The topological polar surface area (TPSA) is 50.4 Å². The van der Waals surface area contributed by atoms with Gasteiger partial charge in [0.05, 0.1) is 17.7 Å². The summed E-state index contributed by atoms with van der Waals surface area (Å²) in [6, 6.07) is 2.97. The van der Waals surface area contributed by atoms with Crippen molar-refractivity contribution in [1.29, 1.82) is 0 Å². The largest absolute Gasteiger partial charge is 0.416 e. The van der Waals surface area contributed by atoms with E-state index < -0.39 is 17.6 Å². The van der Waals surface area contributed by atoms with Crippen LogP contribution < -0.4 is 10.6 Å². The Morgan fingerprint density at radius 1 is 1.29 bits per heavy atom. The van der Waals surface area contributed by atoms with Crippen LogP contribution in [0.1, 0.15) is 15.9 Å². The zero-order valence-corrected chi connectivity index (χ0v) is 13.0. The zero-order valence-electron chi connectivity index (χ0n) is 11.4. The van der Waals surface area contributed by atoms with Crippen molar-refractivity contribution < 1.29 is 22.7 Å². The van der Waals surface area contributed by atoms with Crippen LogP contribution in [0.4, 0.5) is 13.2 Å². The van der Waals surface area contributed by atoms with Crippen molar-refractivity contribution in [3.8, 4) is 0 Å². The molecule has 0 saturated carbocycles. The van der Waals surface area contributed by atoms with Crippen LogP contribution in [0.25, 0.3) is 0 Å². The second kappa shape index (κ2) is 8.35. The van der Waals surface area contributed by atoms with Crippen LogP contribution in [-0.2, 0) is 10.9 Å². The maximum atomic E-state index is 12.6. The number of rotatable bonds is 7. The lowest BCUT2D eigenvalue weighted by Gasteiger charge is -2.11. The summed E-state index contributed by atoms with van der Waals surface area (Å²) in [5.74, 6) is -0.554. The SMILES string of the molecule is COCCNCCNC(=O)c1cc(C(F)(F)F)ccc1Br. The van der Waals surface area contributed by atoms with E-state index in [1.165, 1.54) is 6.07 Å². The summed E-state index contributed by atoms with van der Waals surface area (Å²) in [5, 5.41) is 5.57. The third kappa shape index (κ3) is 6.03. The Balaban J connectivity index is 2.57. The summed E-state index contributed by atoms with van der Waals surface area (Å²) >= 11 is 3.08. The normalized spacial score (nSPS) is 11.5. The second-order valence-electron chi connectivity index (χ2n) is 4.19. The molecule has 0 aromatic heterocycles. The Hall–Kier alpha value is -1.12. The molecule has 1 aromatic carbocycles. The lowest BCUT2D eigenvalue weighted by Crippen LogP contribution is -2.33. The van der Waals surface area contributed by atoms with Crippen molar-refractivity contribution in [1.82, 2.24) is 10.6 Å². The van der Waals surface area contributed by atoms with Gasteiger partial charge in [-0.05, 0) is 34.1 Å². The average molecular weight is 369 g/mol. The van der Waals surface area contributed by atoms with E-state index in [1.54, 1.807) is 7.11 Å². The van der Waals surface area contributed by atoms with Crippen LogP contribution in [0, 0.1) is 0 Å². The van der Waals surface area contributed by atoms with E-state index in [4.69, 9.17) is 4.74 Å². The average Bonchev–Trinajstić information content (AvgIpc) is 2.41. The molecule has 0 unspecified atom stereocenters. The standard InChI is InChI=1S/C13H16BrF3N2O2/c1-21-7-6-18-4-5-19-12(20)10-8-9(13(15,16)17)2-3-11(10)14/h2-3,8,18H,4-7H2,1H3,(H,19,20). The van der Waals surface area contributed by atoms with E-state index in [-0.39, 0.29) is 5.56 Å². The van der Waals surface area contributed by atoms with Gasteiger partial charge in [0.2, 0.25) is 0 Å². The van der Waals surface area contributed by atoms with Gasteiger partial charge >= 0.3 is 6.18 Å². The molecule has 21 heavy (non-hydrogen) atoms. The van der Waals surface area contributed by atoms with Crippen LogP contribution in [0.5, 0.6) is 0 Å². The fraction of sp³-hybridized carbons (Fsp3) is 0.462. The Kier molecular flexibility index (Phi) is 7.13. The third-order valence-electron chi connectivity index (χ3n) is 2.61. The fourth-order valence-corrected chi connectivity index (χ4v) is 1.96. The molecule has 0 radical (unpaired) electrons. The molecular formula is C13H16BrF3N2O2. The molecule has 118 valence electrons. The Labute approximate surface area is 129 Å². The molecule has 0 spiro atoms. The van der Waals surface area contributed by atoms with Crippen LogP contribution in [-0.4, -0.2) is 39.3 Å². The van der Waals surface area contributed by atoms with E-state index >= 15 is 0 Å². The minimum atomic E-state index is -4.47. The smallest absolute Gasteiger partial charge is 0.383 e. The molecule has 0 fully saturated rings. The van der Waals surface area contributed by atoms with E-state index in [1.807, 2.05) is 0 Å². The number of hydrogen-bond acceptors (Lipinski definition) is 3. The molecule has 1 amide bonds. The predicted molar refractivity (Wildman–Crippen MR) is 76.2 cm³/mol. The highest BCUT2D eigenvalue weighted by molar-refractivity contribution is 9.10. The van der Waals surface area contributed by atoms with E-state index in [2.05, 4.69) is 26.6 Å². The monoisotopic (exact) mass is 368 g/mol. The minimum Gasteiger partial charge on any atom is -0.383 e. The first-order valence-corrected chi connectivity index (χ1v) is 7.00. The van der Waals surface area contributed by atoms with Crippen molar-refractivity contribution in [2.45, 2.75) is 6.18 Å². The molecule has 0 saturated heterocycles. The van der Waals surface area contributed by atoms with Crippen LogP contribution >= 0.6 is 15.9 Å². The molecule has 8 heteroatoms. The summed E-state index contributed by atoms with van der Waals surface area (Å²) in [6.45, 7) is 2.00. The van der Waals surface area contributed by atoms with Crippen molar-refractivity contribution in [3.05, 3.63) is 33.8 Å². The molecular weight excluding hydrogens is 353 g/mol. The van der Waals surface area contributed by atoms with Crippen molar-refractivity contribution in [2.75, 3.05) is 33.4 Å². The first kappa shape index (κ1) is 17.9. The molecule has 4 nitrogen and oxygen atoms in total. The number of alkyl halides is 3. The molecule has 0 aliphatic carbocycles. The minimum absolute atomic E-state index is 0.0401. The molecule has 0 heterocycles. The highest BCUT2D eigenvalue weighted by atomic mass is 79.9. The number of amides is 1. The highest BCUT2D eigenvalue weighted by Crippen LogP contribution is 2.31. The van der Waals surface area contributed by atoms with Gasteiger partial charge < -0.3 is 15.4 Å². The molecule has 2 N–H and O–H groups in total. The van der Waals surface area contributed by atoms with Crippen molar-refractivity contribution in [2.24, 2.45) is 0 Å². The van der Waals surface area contributed by atoms with Crippen molar-refractivity contribution >= 4 is 21.8 Å². The zero-order chi connectivity index (χ0) is 15.9. The first-order chi connectivity index (χ1) is 9.86. The van der Waals surface area contributed by atoms with Gasteiger partial charge in [0, 0.05) is 31.2 Å². The molecule has 0 atom stereocenters. The van der Waals surface area contributed by atoms with E-state index in [0.29, 0.717) is 30.7 Å². The van der Waals surface area contributed by atoms with E-state index in [0.717, 1.165) is 12.1 Å². The summed E-state index contributed by atoms with van der Waals surface area (Å²) in [5.41, 5.74) is -0.893. The van der Waals surface area contributed by atoms with Crippen LogP contribution in [0.15, 0.2) is 22.7 Å². The highest BCUT2D eigenvalue weighted by Gasteiger charge is 2.31. The van der Waals surface area contributed by atoms with Gasteiger partial charge in [0.1, 0.15) is 0 Å². The predicted octanol–water partition coefficient (Wildman–Crippen LogP) is 2.43. The van der Waals surface area contributed by atoms with Crippen molar-refractivity contribution in [3.63, 3.8) is 0 Å². The van der Waals surface area contributed by atoms with Gasteiger partial charge in [-0.3, -0.25) is 4.79 Å². The number of carbonyl (C=O) groups is 1. The second-order valence-corrected chi connectivity index (χ2v) is 5.05. The molecule has 1 aromatic rings. The molecule has 1 rings (SSSR count). The quantitative estimate of drug-likeness (QED) is 0.726. The number of hydrogen-bond donors (Lipinski definition) is 2. The third-order valence-corrected chi connectivity index (χ3v) is 3.30. The summed E-state index contributed by atoms with van der Waals surface area (Å²) in [6.07, 6.45) is -4.47. The number of carbonyl (C=O) groups excluding carboxylic acids is 1. The number of methoxy groups -OCH3 is 1. The van der Waals surface area contributed by atoms with Crippen LogP contribution in [0.2, 0.25) is 0 Å². The van der Waals surface area contributed by atoms with Gasteiger partial charge in [0.25, 0.3) is 5.91 Å². The number of nitrogens with one attached hydrogen (secondary N) is 2. The fourth-order valence-electron chi connectivity index (χ4n) is 1.53. The van der Waals surface area contributed by atoms with E-state index in [9.17, 15) is 18.0 Å².